The number of hydrogen-bond acceptors (Lipinski definition) is 0. The fraction of sp³-hybridized carbons (Fsp3) is 0.750. The van der Waals surface area contributed by atoms with Crippen molar-refractivity contribution in [2.75, 3.05) is 0 Å². The Balaban J connectivity index is 1.85. The molecule has 0 saturated heterocycles. The number of halogens is 2. The Morgan fingerprint density at radius 1 is 1.22 bits per heavy atom. The fourth-order valence-corrected chi connectivity index (χ4v) is 4.48. The smallest absolute Gasteiger partial charge is 0.210 e. The van der Waals surface area contributed by atoms with Gasteiger partial charge in [-0.2, -0.15) is 0 Å². The Labute approximate surface area is 108 Å². The van der Waals surface area contributed by atoms with Gasteiger partial charge in [0.05, 0.1) is 0 Å². The maximum absolute atomic E-state index is 12.9. The molecule has 2 heteroatoms. The first-order chi connectivity index (χ1) is 8.33. The molecule has 4 rings (SSSR count). The molecular formula is C16H22F2. The van der Waals surface area contributed by atoms with E-state index < -0.39 is 11.8 Å². The van der Waals surface area contributed by atoms with Gasteiger partial charge in [0.15, 0.2) is 0 Å². The van der Waals surface area contributed by atoms with Gasteiger partial charge in [0.1, 0.15) is 0 Å². The first-order valence-corrected chi connectivity index (χ1v) is 6.96. The Morgan fingerprint density at radius 2 is 1.83 bits per heavy atom. The van der Waals surface area contributed by atoms with Gasteiger partial charge in [0.25, 0.3) is 0 Å². The molecule has 0 aliphatic heterocycles. The molecule has 3 saturated carbocycles. The molecule has 0 atom stereocenters. The van der Waals surface area contributed by atoms with E-state index in [2.05, 4.69) is 20.4 Å². The van der Waals surface area contributed by atoms with Crippen LogP contribution in [0.1, 0.15) is 52.4 Å². The van der Waals surface area contributed by atoms with Crippen LogP contribution in [0.3, 0.4) is 0 Å². The first-order valence-electron chi connectivity index (χ1n) is 6.96. The monoisotopic (exact) mass is 252 g/mol. The maximum atomic E-state index is 12.9. The van der Waals surface area contributed by atoms with Crippen molar-refractivity contribution in [1.82, 2.24) is 0 Å². The summed E-state index contributed by atoms with van der Waals surface area (Å²) >= 11 is 0. The molecule has 0 spiro atoms. The van der Waals surface area contributed by atoms with Crippen LogP contribution in [0.5, 0.6) is 0 Å². The molecule has 0 aromatic carbocycles. The molecule has 0 amide bonds. The van der Waals surface area contributed by atoms with Gasteiger partial charge in [-0.25, -0.2) is 8.78 Å². The van der Waals surface area contributed by atoms with Gasteiger partial charge in [0.2, 0.25) is 6.43 Å². The predicted molar refractivity (Wildman–Crippen MR) is 69.6 cm³/mol. The lowest BCUT2D eigenvalue weighted by Gasteiger charge is -2.72. The highest BCUT2D eigenvalue weighted by Crippen LogP contribution is 2.79. The van der Waals surface area contributed by atoms with Gasteiger partial charge in [-0.05, 0) is 54.9 Å². The van der Waals surface area contributed by atoms with Crippen LogP contribution in [0.25, 0.3) is 0 Å². The fourth-order valence-electron chi connectivity index (χ4n) is 4.48. The van der Waals surface area contributed by atoms with Crippen LogP contribution in [-0.2, 0) is 0 Å². The normalized spacial score (nSPS) is 41.4. The number of allylic oxidation sites excluding steroid dienone is 3. The van der Waals surface area contributed by atoms with Crippen molar-refractivity contribution in [2.24, 2.45) is 16.2 Å². The molecule has 18 heavy (non-hydrogen) atoms. The van der Waals surface area contributed by atoms with E-state index in [1.54, 1.807) is 0 Å². The van der Waals surface area contributed by atoms with E-state index >= 15 is 0 Å². The molecule has 0 radical (unpaired) electrons. The SMILES string of the molecule is C=CC1=C(C23CC(C(F)F)(C2)C3)CC(C)(C)CC1. The van der Waals surface area contributed by atoms with Crippen LogP contribution in [0.2, 0.25) is 0 Å². The van der Waals surface area contributed by atoms with Crippen molar-refractivity contribution in [3.05, 3.63) is 23.8 Å². The molecule has 0 heterocycles. The van der Waals surface area contributed by atoms with Gasteiger partial charge in [-0.15, -0.1) is 0 Å². The van der Waals surface area contributed by atoms with Gasteiger partial charge in [-0.3, -0.25) is 0 Å². The maximum Gasteiger partial charge on any atom is 0.244 e. The number of rotatable bonds is 3. The molecule has 0 aromatic rings. The van der Waals surface area contributed by atoms with Crippen LogP contribution < -0.4 is 0 Å². The second kappa shape index (κ2) is 3.46. The summed E-state index contributed by atoms with van der Waals surface area (Å²) in [4.78, 5) is 0. The Bertz CT molecular complexity index is 409. The average Bonchev–Trinajstić information content (AvgIpc) is 2.11. The Kier molecular flexibility index (Phi) is 2.38. The number of hydrogen-bond donors (Lipinski definition) is 0. The second-order valence-electron chi connectivity index (χ2n) is 7.52. The Morgan fingerprint density at radius 3 is 2.33 bits per heavy atom. The summed E-state index contributed by atoms with van der Waals surface area (Å²) < 4.78 is 25.9. The first kappa shape index (κ1) is 12.4. The minimum absolute atomic E-state index is 0.137. The third-order valence-corrected chi connectivity index (χ3v) is 5.53. The molecule has 0 N–H and O–H groups in total. The zero-order valence-electron chi connectivity index (χ0n) is 11.4. The molecule has 100 valence electrons. The summed E-state index contributed by atoms with van der Waals surface area (Å²) in [6, 6.07) is 0. The van der Waals surface area contributed by atoms with Crippen molar-refractivity contribution in [3.8, 4) is 0 Å². The lowest BCUT2D eigenvalue weighted by atomic mass is 9.32. The van der Waals surface area contributed by atoms with Crippen molar-refractivity contribution >= 4 is 0 Å². The molecule has 2 bridgehead atoms. The van der Waals surface area contributed by atoms with Crippen molar-refractivity contribution in [3.63, 3.8) is 0 Å². The van der Waals surface area contributed by atoms with Crippen molar-refractivity contribution in [2.45, 2.75) is 58.8 Å². The van der Waals surface area contributed by atoms with E-state index in [9.17, 15) is 8.78 Å². The van der Waals surface area contributed by atoms with Gasteiger partial charge in [-0.1, -0.05) is 32.1 Å². The molecule has 0 aromatic heterocycles. The summed E-state index contributed by atoms with van der Waals surface area (Å²) in [6.45, 7) is 8.50. The topological polar surface area (TPSA) is 0 Å². The van der Waals surface area contributed by atoms with E-state index in [-0.39, 0.29) is 5.41 Å². The highest BCUT2D eigenvalue weighted by atomic mass is 19.3. The molecule has 3 fully saturated rings. The largest absolute Gasteiger partial charge is 0.244 e. The lowest BCUT2D eigenvalue weighted by molar-refractivity contribution is -0.249. The second-order valence-corrected chi connectivity index (χ2v) is 7.52. The van der Waals surface area contributed by atoms with Crippen LogP contribution in [-0.4, -0.2) is 6.43 Å². The summed E-state index contributed by atoms with van der Waals surface area (Å²) in [7, 11) is 0. The van der Waals surface area contributed by atoms with Crippen molar-refractivity contribution in [1.29, 1.82) is 0 Å². The van der Waals surface area contributed by atoms with Gasteiger partial charge >= 0.3 is 0 Å². The number of alkyl halides is 2. The lowest BCUT2D eigenvalue weighted by Crippen LogP contribution is -2.66. The van der Waals surface area contributed by atoms with Gasteiger partial charge < -0.3 is 0 Å². The van der Waals surface area contributed by atoms with E-state index in [1.165, 1.54) is 17.6 Å². The van der Waals surface area contributed by atoms with E-state index in [1.807, 2.05) is 6.08 Å². The van der Waals surface area contributed by atoms with E-state index in [0.717, 1.165) is 32.1 Å². The molecule has 0 nitrogen and oxygen atoms in total. The van der Waals surface area contributed by atoms with E-state index in [0.29, 0.717) is 5.41 Å². The standard InChI is InChI=1S/C16H22F2/c1-4-11-5-6-14(2,3)7-12(11)15-8-16(9-15,10-15)13(17)18/h4,13H,1,5-10H2,2-3H3. The van der Waals surface area contributed by atoms with Crippen LogP contribution in [0.4, 0.5) is 8.78 Å². The third kappa shape index (κ3) is 1.47. The summed E-state index contributed by atoms with van der Waals surface area (Å²) in [5.41, 5.74) is 2.68. The van der Waals surface area contributed by atoms with Crippen LogP contribution in [0, 0.1) is 16.2 Å². The van der Waals surface area contributed by atoms with Crippen molar-refractivity contribution < 1.29 is 8.78 Å². The van der Waals surface area contributed by atoms with E-state index in [4.69, 9.17) is 0 Å². The highest BCUT2D eigenvalue weighted by molar-refractivity contribution is 5.41. The minimum atomic E-state index is -2.12. The van der Waals surface area contributed by atoms with Crippen LogP contribution in [0.15, 0.2) is 23.8 Å². The molecular weight excluding hydrogens is 230 g/mol. The molecule has 4 aliphatic rings. The average molecular weight is 252 g/mol. The summed E-state index contributed by atoms with van der Waals surface area (Å²) in [5.74, 6) is 0. The molecule has 0 unspecified atom stereocenters. The Hall–Kier alpha value is -0.660. The predicted octanol–water partition coefficient (Wildman–Crippen LogP) is 5.11. The van der Waals surface area contributed by atoms with Gasteiger partial charge in [0, 0.05) is 5.41 Å². The third-order valence-electron chi connectivity index (χ3n) is 5.53. The summed E-state index contributed by atoms with van der Waals surface area (Å²) in [5, 5.41) is 0. The van der Waals surface area contributed by atoms with Crippen LogP contribution >= 0.6 is 0 Å². The quantitative estimate of drug-likeness (QED) is 0.654. The zero-order chi connectivity index (χ0) is 13.2. The highest BCUT2D eigenvalue weighted by Gasteiger charge is 2.73. The molecule has 4 aliphatic carbocycles. The minimum Gasteiger partial charge on any atom is -0.210 e. The summed E-state index contributed by atoms with van der Waals surface area (Å²) in [6.07, 6.45) is 5.36. The zero-order valence-corrected chi connectivity index (χ0v) is 11.4.